The SMILES string of the molecule is CNC12CC1C(C)(C)c1ccccc12. The van der Waals surface area contributed by atoms with E-state index >= 15 is 0 Å². The van der Waals surface area contributed by atoms with Crippen LogP contribution in [-0.4, -0.2) is 7.05 Å². The van der Waals surface area contributed by atoms with Crippen molar-refractivity contribution in [1.29, 1.82) is 0 Å². The van der Waals surface area contributed by atoms with Crippen LogP contribution in [0.2, 0.25) is 0 Å². The summed E-state index contributed by atoms with van der Waals surface area (Å²) in [5.74, 6) is 0.803. The molecule has 2 aliphatic carbocycles. The van der Waals surface area contributed by atoms with Crippen LogP contribution in [0.25, 0.3) is 0 Å². The van der Waals surface area contributed by atoms with Gasteiger partial charge in [0.2, 0.25) is 0 Å². The molecule has 2 atom stereocenters. The highest BCUT2D eigenvalue weighted by molar-refractivity contribution is 5.52. The summed E-state index contributed by atoms with van der Waals surface area (Å²) < 4.78 is 0. The topological polar surface area (TPSA) is 12.0 Å². The molecule has 0 aliphatic heterocycles. The van der Waals surface area contributed by atoms with Crippen LogP contribution in [0.5, 0.6) is 0 Å². The largest absolute Gasteiger partial charge is 0.310 e. The van der Waals surface area contributed by atoms with Crippen molar-refractivity contribution in [2.24, 2.45) is 5.92 Å². The number of nitrogens with one attached hydrogen (secondary N) is 1. The summed E-state index contributed by atoms with van der Waals surface area (Å²) in [6, 6.07) is 8.91. The average Bonchev–Trinajstić information content (AvgIpc) is 2.90. The van der Waals surface area contributed by atoms with E-state index in [1.807, 2.05) is 0 Å². The highest BCUT2D eigenvalue weighted by Crippen LogP contribution is 2.67. The molecule has 74 valence electrons. The van der Waals surface area contributed by atoms with Crippen molar-refractivity contribution < 1.29 is 0 Å². The molecule has 1 aromatic carbocycles. The van der Waals surface area contributed by atoms with Crippen molar-refractivity contribution in [3.8, 4) is 0 Å². The van der Waals surface area contributed by atoms with Gasteiger partial charge >= 0.3 is 0 Å². The molecule has 0 aromatic heterocycles. The molecule has 3 rings (SSSR count). The second kappa shape index (κ2) is 2.22. The number of hydrogen-bond acceptors (Lipinski definition) is 1. The quantitative estimate of drug-likeness (QED) is 0.712. The van der Waals surface area contributed by atoms with E-state index in [2.05, 4.69) is 50.5 Å². The van der Waals surface area contributed by atoms with E-state index < -0.39 is 0 Å². The lowest BCUT2D eigenvalue weighted by Crippen LogP contribution is -2.25. The lowest BCUT2D eigenvalue weighted by atomic mass is 9.82. The maximum atomic E-state index is 3.53. The minimum Gasteiger partial charge on any atom is -0.310 e. The van der Waals surface area contributed by atoms with Gasteiger partial charge in [-0.1, -0.05) is 38.1 Å². The Morgan fingerprint density at radius 3 is 2.50 bits per heavy atom. The Labute approximate surface area is 85.5 Å². The summed E-state index contributed by atoms with van der Waals surface area (Å²) in [4.78, 5) is 0. The van der Waals surface area contributed by atoms with Crippen molar-refractivity contribution in [3.63, 3.8) is 0 Å². The molecule has 2 aliphatic rings. The predicted octanol–water partition coefficient (Wildman–Crippen LogP) is 2.41. The minimum atomic E-state index is 0.320. The van der Waals surface area contributed by atoms with Crippen LogP contribution in [0.3, 0.4) is 0 Å². The summed E-state index contributed by atoms with van der Waals surface area (Å²) in [6.45, 7) is 4.76. The molecule has 1 aromatic rings. The molecule has 1 saturated carbocycles. The first-order valence-electron chi connectivity index (χ1n) is 5.42. The van der Waals surface area contributed by atoms with E-state index in [4.69, 9.17) is 0 Å². The van der Waals surface area contributed by atoms with Gasteiger partial charge < -0.3 is 5.32 Å². The van der Waals surface area contributed by atoms with Gasteiger partial charge in [0.25, 0.3) is 0 Å². The van der Waals surface area contributed by atoms with E-state index in [1.165, 1.54) is 12.0 Å². The van der Waals surface area contributed by atoms with Gasteiger partial charge in [0.1, 0.15) is 0 Å². The first-order valence-corrected chi connectivity index (χ1v) is 5.42. The van der Waals surface area contributed by atoms with Crippen LogP contribution in [0.1, 0.15) is 31.4 Å². The lowest BCUT2D eigenvalue weighted by molar-refractivity contribution is 0.426. The lowest BCUT2D eigenvalue weighted by Gasteiger charge is -2.21. The Hall–Kier alpha value is -0.820. The third-order valence-corrected chi connectivity index (χ3v) is 4.38. The third kappa shape index (κ3) is 0.718. The molecule has 0 spiro atoms. The molecule has 1 N–H and O–H groups in total. The molecule has 0 radical (unpaired) electrons. The second-order valence-electron chi connectivity index (χ2n) is 5.25. The maximum Gasteiger partial charge on any atom is 0.0476 e. The first kappa shape index (κ1) is 8.49. The highest BCUT2D eigenvalue weighted by atomic mass is 15.0. The van der Waals surface area contributed by atoms with Gasteiger partial charge in [-0.3, -0.25) is 0 Å². The summed E-state index contributed by atoms with van der Waals surface area (Å²) in [5, 5.41) is 3.53. The minimum absolute atomic E-state index is 0.320. The number of rotatable bonds is 1. The molecule has 0 amide bonds. The zero-order valence-electron chi connectivity index (χ0n) is 9.09. The van der Waals surface area contributed by atoms with Crippen LogP contribution in [0.4, 0.5) is 0 Å². The average molecular weight is 187 g/mol. The Kier molecular flexibility index (Phi) is 1.35. The zero-order valence-corrected chi connectivity index (χ0v) is 9.09. The van der Waals surface area contributed by atoms with E-state index in [0.717, 1.165) is 5.92 Å². The number of hydrogen-bond donors (Lipinski definition) is 1. The van der Waals surface area contributed by atoms with Crippen LogP contribution < -0.4 is 5.32 Å². The molecule has 0 saturated heterocycles. The third-order valence-electron chi connectivity index (χ3n) is 4.38. The fourth-order valence-electron chi connectivity index (χ4n) is 3.46. The smallest absolute Gasteiger partial charge is 0.0476 e. The monoisotopic (exact) mass is 187 g/mol. The van der Waals surface area contributed by atoms with Crippen LogP contribution in [0, 0.1) is 5.92 Å². The summed E-state index contributed by atoms with van der Waals surface area (Å²) in [7, 11) is 2.10. The van der Waals surface area contributed by atoms with Crippen molar-refractivity contribution >= 4 is 0 Å². The molecule has 14 heavy (non-hydrogen) atoms. The fraction of sp³-hybridized carbons (Fsp3) is 0.538. The Morgan fingerprint density at radius 2 is 1.86 bits per heavy atom. The summed E-state index contributed by atoms with van der Waals surface area (Å²) >= 11 is 0. The van der Waals surface area contributed by atoms with E-state index in [1.54, 1.807) is 5.56 Å². The predicted molar refractivity (Wildman–Crippen MR) is 58.3 cm³/mol. The van der Waals surface area contributed by atoms with Crippen LogP contribution in [0.15, 0.2) is 24.3 Å². The number of benzene rings is 1. The van der Waals surface area contributed by atoms with Gasteiger partial charge in [0.15, 0.2) is 0 Å². The molecule has 1 fully saturated rings. The van der Waals surface area contributed by atoms with Crippen LogP contribution >= 0.6 is 0 Å². The standard InChI is InChI=1S/C13H17N/c1-12(2)9-6-4-5-7-10(9)13(14-3)8-11(12)13/h4-7,11,14H,8H2,1-3H3. The molecule has 0 heterocycles. The Morgan fingerprint density at radius 1 is 1.21 bits per heavy atom. The van der Waals surface area contributed by atoms with E-state index in [9.17, 15) is 0 Å². The highest BCUT2D eigenvalue weighted by Gasteiger charge is 2.66. The van der Waals surface area contributed by atoms with Gasteiger partial charge in [-0.25, -0.2) is 0 Å². The molecular formula is C13H17N. The van der Waals surface area contributed by atoms with Crippen molar-refractivity contribution in [2.75, 3.05) is 7.05 Å². The van der Waals surface area contributed by atoms with Gasteiger partial charge in [0, 0.05) is 5.54 Å². The Bertz CT molecular complexity index is 394. The van der Waals surface area contributed by atoms with Crippen molar-refractivity contribution in [1.82, 2.24) is 5.32 Å². The van der Waals surface area contributed by atoms with Gasteiger partial charge in [-0.05, 0) is 35.9 Å². The van der Waals surface area contributed by atoms with Crippen molar-refractivity contribution in [3.05, 3.63) is 35.4 Å². The Balaban J connectivity index is 2.24. The maximum absolute atomic E-state index is 3.53. The molecule has 0 bridgehead atoms. The van der Waals surface area contributed by atoms with Gasteiger partial charge in [-0.15, -0.1) is 0 Å². The van der Waals surface area contributed by atoms with E-state index in [0.29, 0.717) is 11.0 Å². The van der Waals surface area contributed by atoms with Gasteiger partial charge in [-0.2, -0.15) is 0 Å². The van der Waals surface area contributed by atoms with E-state index in [-0.39, 0.29) is 0 Å². The number of fused-ring (bicyclic) bond motifs is 3. The zero-order chi connectivity index (χ0) is 9.97. The first-order chi connectivity index (χ1) is 6.63. The van der Waals surface area contributed by atoms with Crippen molar-refractivity contribution in [2.45, 2.75) is 31.2 Å². The molecule has 1 heteroatoms. The second-order valence-corrected chi connectivity index (χ2v) is 5.25. The van der Waals surface area contributed by atoms with Crippen LogP contribution in [-0.2, 0) is 11.0 Å². The normalized spacial score (nSPS) is 36.4. The molecular weight excluding hydrogens is 170 g/mol. The van der Waals surface area contributed by atoms with Gasteiger partial charge in [0.05, 0.1) is 0 Å². The fourth-order valence-corrected chi connectivity index (χ4v) is 3.46. The summed E-state index contributed by atoms with van der Waals surface area (Å²) in [6.07, 6.45) is 1.31. The molecule has 2 unspecified atom stereocenters. The summed E-state index contributed by atoms with van der Waals surface area (Å²) in [5.41, 5.74) is 3.77. The molecule has 1 nitrogen and oxygen atoms in total.